The molecule has 0 saturated carbocycles. The predicted molar refractivity (Wildman–Crippen MR) is 45.2 cm³/mol. The van der Waals surface area contributed by atoms with E-state index in [4.69, 9.17) is 4.74 Å². The zero-order chi connectivity index (χ0) is 7.68. The first kappa shape index (κ1) is 6.89. The Balaban J connectivity index is 2.67. The zero-order valence-corrected chi connectivity index (χ0v) is 7.79. The van der Waals surface area contributed by atoms with Gasteiger partial charge in [0.05, 0.1) is 0 Å². The Kier molecular flexibility index (Phi) is 1.68. The third kappa shape index (κ3) is 1.17. The second-order valence-electron chi connectivity index (χ2n) is 2.23. The molecule has 2 nitrogen and oxygen atoms in total. The van der Waals surface area contributed by atoms with E-state index >= 15 is 0 Å². The van der Waals surface area contributed by atoms with Crippen LogP contribution in [-0.2, 0) is 0 Å². The van der Waals surface area contributed by atoms with Crippen LogP contribution in [0.15, 0.2) is 24.4 Å². The van der Waals surface area contributed by atoms with Crippen LogP contribution in [0.5, 0.6) is 5.75 Å². The predicted octanol–water partition coefficient (Wildman–Crippen LogP) is 1.30. The van der Waals surface area contributed by atoms with Crippen molar-refractivity contribution in [2.75, 3.05) is 7.11 Å². The third-order valence-electron chi connectivity index (χ3n) is 1.56. The van der Waals surface area contributed by atoms with Gasteiger partial charge < -0.3 is 0 Å². The summed E-state index contributed by atoms with van der Waals surface area (Å²) in [6.07, 6.45) is 1.93. The molecule has 3 heteroatoms. The molecule has 0 unspecified atom stereocenters. The van der Waals surface area contributed by atoms with E-state index in [2.05, 4.69) is 10.0 Å². The molecule has 0 N–H and O–H groups in total. The molecule has 1 heterocycles. The second-order valence-corrected chi connectivity index (χ2v) is 3.98. The summed E-state index contributed by atoms with van der Waals surface area (Å²) in [4.78, 5) is 0. The van der Waals surface area contributed by atoms with Crippen LogP contribution in [0, 0.1) is 0 Å². The van der Waals surface area contributed by atoms with Gasteiger partial charge >= 0.3 is 70.4 Å². The average Bonchev–Trinajstić information content (AvgIpc) is 2.50. The molecule has 56 valence electrons. The van der Waals surface area contributed by atoms with Gasteiger partial charge in [-0.1, -0.05) is 0 Å². The number of aromatic nitrogens is 1. The number of hydrogen-bond acceptors (Lipinski definition) is 2. The normalized spacial score (nSPS) is 10.3. The first-order valence-corrected chi connectivity index (χ1v) is 4.91. The van der Waals surface area contributed by atoms with Gasteiger partial charge in [-0.2, -0.15) is 0 Å². The van der Waals surface area contributed by atoms with Crippen molar-refractivity contribution in [3.8, 4) is 5.75 Å². The van der Waals surface area contributed by atoms with Crippen LogP contribution in [0.3, 0.4) is 0 Å². The number of hydrogen-bond donors (Lipinski definition) is 0. The number of methoxy groups -OCH3 is 1. The van der Waals surface area contributed by atoms with E-state index < -0.39 is 0 Å². The van der Waals surface area contributed by atoms with Crippen molar-refractivity contribution >= 4 is 24.4 Å². The quantitative estimate of drug-likeness (QED) is 0.664. The van der Waals surface area contributed by atoms with Crippen LogP contribution in [0.25, 0.3) is 9.65 Å². The summed E-state index contributed by atoms with van der Waals surface area (Å²) in [6, 6.07) is 6.07. The Labute approximate surface area is 70.8 Å². The van der Waals surface area contributed by atoms with E-state index in [1.165, 1.54) is 9.65 Å². The number of fused-ring (bicyclic) bond motifs is 1. The Morgan fingerprint density at radius 2 is 2.36 bits per heavy atom. The van der Waals surface area contributed by atoms with Gasteiger partial charge in [-0.15, -0.1) is 0 Å². The van der Waals surface area contributed by atoms with E-state index in [-0.39, 0.29) is 14.7 Å². The maximum atomic E-state index is 5.09. The molecule has 0 radical (unpaired) electrons. The minimum atomic E-state index is 0.282. The van der Waals surface area contributed by atoms with Gasteiger partial charge in [0.15, 0.2) is 0 Å². The van der Waals surface area contributed by atoms with Gasteiger partial charge in [0.2, 0.25) is 0 Å². The Bertz CT molecular complexity index is 369. The molecule has 0 aliphatic heterocycles. The first-order chi connectivity index (χ1) is 5.40. The first-order valence-electron chi connectivity index (χ1n) is 3.28. The van der Waals surface area contributed by atoms with E-state index in [0.717, 1.165) is 5.75 Å². The third-order valence-corrected chi connectivity index (χ3v) is 3.16. The molecule has 0 saturated heterocycles. The molecule has 0 bridgehead atoms. The Morgan fingerprint density at radius 3 is 3.18 bits per heavy atom. The van der Waals surface area contributed by atoms with Crippen molar-refractivity contribution < 1.29 is 4.74 Å². The second kappa shape index (κ2) is 2.68. The van der Waals surface area contributed by atoms with Gasteiger partial charge in [0, 0.05) is 0 Å². The summed E-state index contributed by atoms with van der Waals surface area (Å²) in [6.45, 7) is 0. The molecule has 0 aliphatic carbocycles. The summed E-state index contributed by atoms with van der Waals surface area (Å²) >= 11 is 0.282. The molecule has 2 aromatic rings. The van der Waals surface area contributed by atoms with Crippen LogP contribution in [0.4, 0.5) is 0 Å². The number of rotatable bonds is 1. The van der Waals surface area contributed by atoms with E-state index in [9.17, 15) is 0 Å². The van der Waals surface area contributed by atoms with Gasteiger partial charge in [0.1, 0.15) is 0 Å². The summed E-state index contributed by atoms with van der Waals surface area (Å²) < 4.78 is 10.6. The van der Waals surface area contributed by atoms with E-state index in [1.54, 1.807) is 7.11 Å². The van der Waals surface area contributed by atoms with Crippen molar-refractivity contribution in [3.63, 3.8) is 0 Å². The Hall–Kier alpha value is -0.791. The molecule has 0 fully saturated rings. The van der Waals surface area contributed by atoms with E-state index in [0.29, 0.717) is 0 Å². The summed E-state index contributed by atoms with van der Waals surface area (Å²) in [5, 5.41) is 1.24. The fourth-order valence-electron chi connectivity index (χ4n) is 0.967. The van der Waals surface area contributed by atoms with Crippen LogP contribution in [0.2, 0.25) is 0 Å². The topological polar surface area (TPSA) is 22.1 Å². The van der Waals surface area contributed by atoms with Crippen LogP contribution in [0.1, 0.15) is 0 Å². The molecule has 1 aromatic carbocycles. The van der Waals surface area contributed by atoms with Crippen molar-refractivity contribution in [2.24, 2.45) is 0 Å². The minimum absolute atomic E-state index is 0.282. The van der Waals surface area contributed by atoms with Crippen molar-refractivity contribution in [3.05, 3.63) is 24.4 Å². The Morgan fingerprint density at radius 1 is 1.45 bits per heavy atom. The molecule has 11 heavy (non-hydrogen) atoms. The van der Waals surface area contributed by atoms with E-state index in [1.807, 2.05) is 18.3 Å². The van der Waals surface area contributed by atoms with Crippen LogP contribution in [-0.4, -0.2) is 25.8 Å². The molecule has 0 amide bonds. The monoisotopic (exact) mass is 213 g/mol. The fraction of sp³-hybridized carbons (Fsp3) is 0.125. The molecule has 0 atom stereocenters. The van der Waals surface area contributed by atoms with Crippen LogP contribution < -0.4 is 4.74 Å². The van der Waals surface area contributed by atoms with Crippen LogP contribution >= 0.6 is 0 Å². The van der Waals surface area contributed by atoms with Crippen molar-refractivity contribution in [2.45, 2.75) is 0 Å². The van der Waals surface area contributed by atoms with Gasteiger partial charge in [-0.3, -0.25) is 0 Å². The number of ether oxygens (including phenoxy) is 1. The zero-order valence-electron chi connectivity index (χ0n) is 6.07. The molecular formula is C8H7NOSe. The summed E-state index contributed by atoms with van der Waals surface area (Å²) in [5.41, 5.74) is 0. The number of nitrogens with zero attached hydrogens (tertiary/aromatic N) is 1. The molecular weight excluding hydrogens is 205 g/mol. The SMILES string of the molecule is COc1ccc2cn[se]c2c1. The molecule has 0 aliphatic rings. The fourth-order valence-corrected chi connectivity index (χ4v) is 2.38. The molecule has 0 spiro atoms. The van der Waals surface area contributed by atoms with Crippen molar-refractivity contribution in [1.29, 1.82) is 0 Å². The van der Waals surface area contributed by atoms with Crippen molar-refractivity contribution in [1.82, 2.24) is 3.98 Å². The van der Waals surface area contributed by atoms with Gasteiger partial charge in [-0.05, 0) is 0 Å². The number of benzene rings is 1. The molecule has 2 rings (SSSR count). The molecule has 1 aromatic heterocycles. The van der Waals surface area contributed by atoms with Gasteiger partial charge in [-0.25, -0.2) is 0 Å². The summed E-state index contributed by atoms with van der Waals surface area (Å²) in [5.74, 6) is 0.927. The standard InChI is InChI=1S/C8H7NOSe/c1-10-7-3-2-6-5-9-11-8(6)4-7/h2-5H,1H3. The maximum absolute atomic E-state index is 5.09. The van der Waals surface area contributed by atoms with Gasteiger partial charge in [0.25, 0.3) is 0 Å². The summed E-state index contributed by atoms with van der Waals surface area (Å²) in [7, 11) is 1.69. The average molecular weight is 212 g/mol.